The number of furan rings is 1. The topological polar surface area (TPSA) is 82.7 Å². The van der Waals surface area contributed by atoms with Gasteiger partial charge in [0.25, 0.3) is 0 Å². The highest BCUT2D eigenvalue weighted by Crippen LogP contribution is 2.20. The van der Waals surface area contributed by atoms with Crippen molar-refractivity contribution >= 4 is 5.97 Å². The van der Waals surface area contributed by atoms with E-state index in [1.807, 2.05) is 0 Å². The number of carboxylic acid groups (broad SMARTS) is 1. The van der Waals surface area contributed by atoms with E-state index in [0.717, 1.165) is 25.7 Å². The van der Waals surface area contributed by atoms with Crippen LogP contribution in [-0.4, -0.2) is 28.3 Å². The minimum absolute atomic E-state index is 0.0810. The summed E-state index contributed by atoms with van der Waals surface area (Å²) >= 11 is 0. The maximum absolute atomic E-state index is 10.9. The molecule has 1 heterocycles. The third-order valence-corrected chi connectivity index (χ3v) is 3.47. The van der Waals surface area contributed by atoms with E-state index < -0.39 is 5.97 Å². The molecule has 100 valence electrons. The Kier molecular flexibility index (Phi) is 4.04. The number of carboxylic acids is 1. The Bertz CT molecular complexity index is 427. The molecule has 0 bridgehead atoms. The number of hydrogen-bond acceptors (Lipinski definition) is 4. The largest absolute Gasteiger partial charge is 0.478 e. The molecular weight excluding hydrogens is 234 g/mol. The lowest BCUT2D eigenvalue weighted by Crippen LogP contribution is -2.41. The number of rotatable bonds is 4. The molecule has 1 aromatic heterocycles. The Labute approximate surface area is 106 Å². The van der Waals surface area contributed by atoms with E-state index >= 15 is 0 Å². The summed E-state index contributed by atoms with van der Waals surface area (Å²) in [6, 6.07) is 1.62. The van der Waals surface area contributed by atoms with Crippen molar-refractivity contribution < 1.29 is 19.4 Å². The molecule has 2 rings (SSSR count). The van der Waals surface area contributed by atoms with Gasteiger partial charge in [0, 0.05) is 6.04 Å². The van der Waals surface area contributed by atoms with Gasteiger partial charge in [-0.15, -0.1) is 0 Å². The van der Waals surface area contributed by atoms with Crippen LogP contribution < -0.4 is 5.32 Å². The van der Waals surface area contributed by atoms with Gasteiger partial charge in [0.2, 0.25) is 0 Å². The second-order valence-electron chi connectivity index (χ2n) is 4.83. The summed E-state index contributed by atoms with van der Waals surface area (Å²) in [6.45, 7) is 2.10. The molecule has 2 unspecified atom stereocenters. The summed E-state index contributed by atoms with van der Waals surface area (Å²) in [6.07, 6.45) is 3.66. The Morgan fingerprint density at radius 1 is 1.50 bits per heavy atom. The first kappa shape index (κ1) is 13.1. The number of aromatic carboxylic acids is 1. The smallest absolute Gasteiger partial charge is 0.339 e. The first-order chi connectivity index (χ1) is 8.58. The zero-order valence-corrected chi connectivity index (χ0v) is 10.5. The molecule has 0 amide bonds. The predicted molar refractivity (Wildman–Crippen MR) is 65.5 cm³/mol. The zero-order valence-electron chi connectivity index (χ0n) is 10.5. The lowest BCUT2D eigenvalue weighted by molar-refractivity contribution is 0.0695. The van der Waals surface area contributed by atoms with Crippen LogP contribution in [0.1, 0.15) is 47.6 Å². The van der Waals surface area contributed by atoms with Crippen molar-refractivity contribution in [1.29, 1.82) is 0 Å². The predicted octanol–water partition coefficient (Wildman–Crippen LogP) is 1.68. The molecule has 1 aliphatic carbocycles. The number of aryl methyl sites for hydroxylation is 1. The van der Waals surface area contributed by atoms with Gasteiger partial charge in [0.1, 0.15) is 17.1 Å². The van der Waals surface area contributed by atoms with Crippen LogP contribution in [0.15, 0.2) is 10.5 Å². The molecule has 5 heteroatoms. The van der Waals surface area contributed by atoms with E-state index in [1.165, 1.54) is 0 Å². The molecule has 1 fully saturated rings. The second-order valence-corrected chi connectivity index (χ2v) is 4.83. The number of carbonyl (C=O) groups is 1. The van der Waals surface area contributed by atoms with Crippen molar-refractivity contribution in [1.82, 2.24) is 5.32 Å². The van der Waals surface area contributed by atoms with Crippen molar-refractivity contribution in [2.24, 2.45) is 0 Å². The van der Waals surface area contributed by atoms with Crippen LogP contribution in [0.3, 0.4) is 0 Å². The van der Waals surface area contributed by atoms with Crippen LogP contribution in [0, 0.1) is 6.92 Å². The van der Waals surface area contributed by atoms with Gasteiger partial charge in [-0.05, 0) is 25.8 Å². The summed E-state index contributed by atoms with van der Waals surface area (Å²) in [5.74, 6) is 0.0476. The highest BCUT2D eigenvalue weighted by molar-refractivity contribution is 5.88. The first-order valence-electron chi connectivity index (χ1n) is 6.32. The van der Waals surface area contributed by atoms with Gasteiger partial charge in [-0.1, -0.05) is 12.8 Å². The normalized spacial score (nSPS) is 24.1. The molecule has 0 radical (unpaired) electrons. The van der Waals surface area contributed by atoms with Crippen LogP contribution in [0.5, 0.6) is 0 Å². The van der Waals surface area contributed by atoms with Gasteiger partial charge in [-0.3, -0.25) is 0 Å². The number of aliphatic hydroxyl groups is 1. The fourth-order valence-corrected chi connectivity index (χ4v) is 2.42. The van der Waals surface area contributed by atoms with Crippen molar-refractivity contribution in [3.8, 4) is 0 Å². The lowest BCUT2D eigenvalue weighted by atomic mass is 9.92. The molecule has 1 aliphatic rings. The third-order valence-electron chi connectivity index (χ3n) is 3.47. The maximum Gasteiger partial charge on any atom is 0.339 e. The van der Waals surface area contributed by atoms with E-state index in [-0.39, 0.29) is 17.7 Å². The fraction of sp³-hybridized carbons (Fsp3) is 0.615. The van der Waals surface area contributed by atoms with Crippen LogP contribution in [-0.2, 0) is 6.54 Å². The summed E-state index contributed by atoms with van der Waals surface area (Å²) in [5, 5.41) is 22.0. The van der Waals surface area contributed by atoms with Crippen LogP contribution in [0.4, 0.5) is 0 Å². The number of aliphatic hydroxyl groups excluding tert-OH is 1. The molecule has 0 saturated heterocycles. The summed E-state index contributed by atoms with van der Waals surface area (Å²) in [7, 11) is 0. The summed E-state index contributed by atoms with van der Waals surface area (Å²) < 4.78 is 5.38. The quantitative estimate of drug-likeness (QED) is 0.760. The van der Waals surface area contributed by atoms with Crippen LogP contribution in [0.2, 0.25) is 0 Å². The molecule has 5 nitrogen and oxygen atoms in total. The van der Waals surface area contributed by atoms with Gasteiger partial charge in [-0.2, -0.15) is 0 Å². The van der Waals surface area contributed by atoms with Crippen molar-refractivity contribution in [2.45, 2.75) is 51.3 Å². The van der Waals surface area contributed by atoms with Crippen molar-refractivity contribution in [3.63, 3.8) is 0 Å². The van der Waals surface area contributed by atoms with Gasteiger partial charge in [0.15, 0.2) is 0 Å². The van der Waals surface area contributed by atoms with Crippen molar-refractivity contribution in [2.75, 3.05) is 0 Å². The number of nitrogens with one attached hydrogen (secondary N) is 1. The van der Waals surface area contributed by atoms with Gasteiger partial charge in [0.05, 0.1) is 12.6 Å². The van der Waals surface area contributed by atoms with Crippen molar-refractivity contribution in [3.05, 3.63) is 23.2 Å². The van der Waals surface area contributed by atoms with E-state index in [9.17, 15) is 9.90 Å². The Hall–Kier alpha value is -1.33. The SMILES string of the molecule is Cc1oc(CNC2CCCCC2O)cc1C(=O)O. The van der Waals surface area contributed by atoms with Gasteiger partial charge >= 0.3 is 5.97 Å². The first-order valence-corrected chi connectivity index (χ1v) is 6.32. The average Bonchev–Trinajstić information content (AvgIpc) is 2.70. The zero-order chi connectivity index (χ0) is 13.1. The maximum atomic E-state index is 10.9. The minimum Gasteiger partial charge on any atom is -0.478 e. The molecule has 1 saturated carbocycles. The standard InChI is InChI=1S/C13H19NO4/c1-8-10(13(16)17)6-9(18-8)7-14-11-4-2-3-5-12(11)15/h6,11-12,14-15H,2-5,7H2,1H3,(H,16,17). The van der Waals surface area contributed by atoms with E-state index in [1.54, 1.807) is 13.0 Å². The monoisotopic (exact) mass is 253 g/mol. The van der Waals surface area contributed by atoms with E-state index in [2.05, 4.69) is 5.32 Å². The molecule has 3 N–H and O–H groups in total. The molecule has 0 aromatic carbocycles. The Balaban J connectivity index is 1.93. The second kappa shape index (κ2) is 5.54. The molecular formula is C13H19NO4. The highest BCUT2D eigenvalue weighted by Gasteiger charge is 2.23. The van der Waals surface area contributed by atoms with E-state index in [4.69, 9.17) is 9.52 Å². The molecule has 2 atom stereocenters. The minimum atomic E-state index is -0.972. The molecule has 18 heavy (non-hydrogen) atoms. The van der Waals surface area contributed by atoms with Gasteiger partial charge in [-0.25, -0.2) is 4.79 Å². The number of hydrogen-bond donors (Lipinski definition) is 3. The average molecular weight is 253 g/mol. The molecule has 0 aliphatic heterocycles. The fourth-order valence-electron chi connectivity index (χ4n) is 2.42. The third kappa shape index (κ3) is 2.91. The van der Waals surface area contributed by atoms with Crippen LogP contribution >= 0.6 is 0 Å². The Morgan fingerprint density at radius 2 is 2.22 bits per heavy atom. The van der Waals surface area contributed by atoms with Gasteiger partial charge < -0.3 is 19.9 Å². The Morgan fingerprint density at radius 3 is 2.83 bits per heavy atom. The molecule has 0 spiro atoms. The summed E-state index contributed by atoms with van der Waals surface area (Å²) in [4.78, 5) is 10.9. The van der Waals surface area contributed by atoms with E-state index in [0.29, 0.717) is 18.1 Å². The molecule has 1 aromatic rings. The summed E-state index contributed by atoms with van der Waals surface area (Å²) in [5.41, 5.74) is 0.205. The van der Waals surface area contributed by atoms with Crippen LogP contribution in [0.25, 0.3) is 0 Å². The highest BCUT2D eigenvalue weighted by atomic mass is 16.4. The lowest BCUT2D eigenvalue weighted by Gasteiger charge is -2.28.